The van der Waals surface area contributed by atoms with Crippen LogP contribution < -0.4 is 0 Å². The van der Waals surface area contributed by atoms with Crippen molar-refractivity contribution in [1.82, 2.24) is 9.97 Å². The summed E-state index contributed by atoms with van der Waals surface area (Å²) >= 11 is 0. The van der Waals surface area contributed by atoms with Gasteiger partial charge < -0.3 is 9.47 Å². The topological polar surface area (TPSA) is 44.2 Å². The number of pyridine rings is 2. The molecule has 0 aliphatic carbocycles. The fourth-order valence-corrected chi connectivity index (χ4v) is 5.37. The van der Waals surface area contributed by atoms with Crippen LogP contribution in [-0.4, -0.2) is 35.4 Å². The Bertz CT molecular complexity index is 947. The Morgan fingerprint density at radius 3 is 2.23 bits per heavy atom. The van der Waals surface area contributed by atoms with Gasteiger partial charge in [0.1, 0.15) is 0 Å². The summed E-state index contributed by atoms with van der Waals surface area (Å²) in [6, 6.07) is 19.0. The molecule has 4 heterocycles. The first-order chi connectivity index (χ1) is 15.4. The smallest absolute Gasteiger partial charge is 0.0705 e. The van der Waals surface area contributed by atoms with Crippen LogP contribution in [-0.2, 0) is 15.9 Å². The second-order valence-corrected chi connectivity index (χ2v) is 8.95. The van der Waals surface area contributed by atoms with E-state index in [9.17, 15) is 0 Å². The minimum absolute atomic E-state index is 0.214. The Hall–Kier alpha value is -2.30. The predicted octanol–water partition coefficient (Wildman–Crippen LogP) is 5.71. The van der Waals surface area contributed by atoms with Gasteiger partial charge in [-0.25, -0.2) is 0 Å². The molecule has 2 aliphatic heterocycles. The van der Waals surface area contributed by atoms with Crippen molar-refractivity contribution in [2.24, 2.45) is 5.92 Å². The summed E-state index contributed by atoms with van der Waals surface area (Å²) in [6.45, 7) is 1.71. The maximum Gasteiger partial charge on any atom is 0.0705 e. The lowest BCUT2D eigenvalue weighted by atomic mass is 9.74. The third-order valence-electron chi connectivity index (χ3n) is 6.91. The molecule has 3 unspecified atom stereocenters. The third-order valence-corrected chi connectivity index (χ3v) is 6.91. The summed E-state index contributed by atoms with van der Waals surface area (Å²) < 4.78 is 12.8. The minimum Gasteiger partial charge on any atom is -0.378 e. The highest BCUT2D eigenvalue weighted by Gasteiger charge is 2.40. The lowest BCUT2D eigenvalue weighted by Crippen LogP contribution is -2.43. The molecule has 5 rings (SSSR count). The summed E-state index contributed by atoms with van der Waals surface area (Å²) in [5, 5.41) is 1.18. The molecule has 1 aromatic carbocycles. The zero-order valence-corrected chi connectivity index (χ0v) is 18.2. The van der Waals surface area contributed by atoms with Crippen molar-refractivity contribution in [3.63, 3.8) is 0 Å². The lowest BCUT2D eigenvalue weighted by Gasteiger charge is -2.41. The van der Waals surface area contributed by atoms with E-state index in [0.29, 0.717) is 0 Å². The quantitative estimate of drug-likeness (QED) is 0.516. The Morgan fingerprint density at radius 2 is 1.55 bits per heavy atom. The van der Waals surface area contributed by atoms with Crippen LogP contribution in [0.25, 0.3) is 10.9 Å². The number of benzene rings is 1. The lowest BCUT2D eigenvalue weighted by molar-refractivity contribution is -0.105. The van der Waals surface area contributed by atoms with Crippen LogP contribution in [0.15, 0.2) is 60.8 Å². The summed E-state index contributed by atoms with van der Waals surface area (Å²) in [6.07, 6.45) is 10.2. The van der Waals surface area contributed by atoms with Crippen molar-refractivity contribution >= 4 is 10.9 Å². The Balaban J connectivity index is 1.56. The number of nitrogens with zero attached hydrogens (tertiary/aromatic N) is 2. The molecule has 31 heavy (non-hydrogen) atoms. The highest BCUT2D eigenvalue weighted by atomic mass is 16.5. The van der Waals surface area contributed by atoms with E-state index in [1.165, 1.54) is 18.2 Å². The monoisotopic (exact) mass is 416 g/mol. The van der Waals surface area contributed by atoms with Crippen molar-refractivity contribution in [1.29, 1.82) is 0 Å². The summed E-state index contributed by atoms with van der Waals surface area (Å²) in [5.41, 5.74) is 3.30. The molecule has 2 saturated heterocycles. The number of hydrogen-bond donors (Lipinski definition) is 0. The highest BCUT2D eigenvalue weighted by molar-refractivity contribution is 5.78. The van der Waals surface area contributed by atoms with E-state index in [2.05, 4.69) is 53.5 Å². The zero-order chi connectivity index (χ0) is 20.9. The second kappa shape index (κ2) is 9.88. The number of para-hydroxylation sites is 1. The fraction of sp³-hybridized carbons (Fsp3) is 0.481. The molecular weight excluding hydrogens is 384 g/mol. The van der Waals surface area contributed by atoms with Crippen molar-refractivity contribution in [2.45, 2.75) is 63.1 Å². The molecule has 4 heteroatoms. The number of fused-ring (bicyclic) bond motifs is 1. The maximum absolute atomic E-state index is 6.39. The molecule has 0 bridgehead atoms. The first kappa shape index (κ1) is 20.6. The molecule has 3 atom stereocenters. The van der Waals surface area contributed by atoms with Crippen LogP contribution in [0.5, 0.6) is 0 Å². The first-order valence-electron chi connectivity index (χ1n) is 11.9. The molecule has 0 spiro atoms. The molecule has 2 aromatic heterocycles. The Kier molecular flexibility index (Phi) is 6.57. The van der Waals surface area contributed by atoms with E-state index >= 15 is 0 Å². The van der Waals surface area contributed by atoms with Gasteiger partial charge in [0.05, 0.1) is 17.7 Å². The zero-order valence-electron chi connectivity index (χ0n) is 18.2. The van der Waals surface area contributed by atoms with Gasteiger partial charge in [0, 0.05) is 48.0 Å². The van der Waals surface area contributed by atoms with Crippen molar-refractivity contribution in [2.75, 3.05) is 13.2 Å². The number of hydrogen-bond acceptors (Lipinski definition) is 4. The Morgan fingerprint density at radius 1 is 0.806 bits per heavy atom. The molecule has 0 N–H and O–H groups in total. The molecule has 4 nitrogen and oxygen atoms in total. The predicted molar refractivity (Wildman–Crippen MR) is 123 cm³/mol. The second-order valence-electron chi connectivity index (χ2n) is 8.95. The molecule has 2 aliphatic rings. The van der Waals surface area contributed by atoms with Gasteiger partial charge in [-0.2, -0.15) is 0 Å². The summed E-state index contributed by atoms with van der Waals surface area (Å²) in [4.78, 5) is 9.81. The largest absolute Gasteiger partial charge is 0.378 e. The number of rotatable bonds is 6. The standard InChI is InChI=1S/C27H32N2O2/c1-2-11-23-20(9-1)14-15-24(29-23)22(19-21-10-3-6-16-28-21)27(25-12-4-7-17-30-25)26-13-5-8-18-31-26/h1-3,6,9-11,14-16,22,25-27H,4-5,7-8,12-13,17-19H2. The first-order valence-corrected chi connectivity index (χ1v) is 11.9. The normalized spacial score (nSPS) is 24.0. The molecule has 3 aromatic rings. The van der Waals surface area contributed by atoms with Gasteiger partial charge >= 0.3 is 0 Å². The molecule has 162 valence electrons. The SMILES string of the molecule is c1ccc(CC(c2ccc3ccccc3n2)C(C2CCCCO2)C2CCCCO2)nc1. The van der Waals surface area contributed by atoms with Crippen LogP contribution >= 0.6 is 0 Å². The number of aromatic nitrogens is 2. The van der Waals surface area contributed by atoms with Crippen molar-refractivity contribution in [3.8, 4) is 0 Å². The van der Waals surface area contributed by atoms with E-state index in [1.54, 1.807) is 0 Å². The van der Waals surface area contributed by atoms with Crippen LogP contribution in [0.4, 0.5) is 0 Å². The van der Waals surface area contributed by atoms with E-state index in [-0.39, 0.29) is 24.0 Å². The summed E-state index contributed by atoms with van der Waals surface area (Å²) in [7, 11) is 0. The van der Waals surface area contributed by atoms with Gasteiger partial charge in [-0.05, 0) is 69.2 Å². The van der Waals surface area contributed by atoms with Gasteiger partial charge in [-0.15, -0.1) is 0 Å². The van der Waals surface area contributed by atoms with Gasteiger partial charge in [0.25, 0.3) is 0 Å². The molecule has 0 saturated carbocycles. The van der Waals surface area contributed by atoms with Crippen LogP contribution in [0, 0.1) is 5.92 Å². The van der Waals surface area contributed by atoms with Gasteiger partial charge in [0.15, 0.2) is 0 Å². The van der Waals surface area contributed by atoms with Crippen LogP contribution in [0.3, 0.4) is 0 Å². The third kappa shape index (κ3) is 4.81. The number of ether oxygens (including phenoxy) is 2. The maximum atomic E-state index is 6.39. The Labute approximate surface area is 185 Å². The van der Waals surface area contributed by atoms with E-state index in [0.717, 1.165) is 62.2 Å². The van der Waals surface area contributed by atoms with Crippen LogP contribution in [0.1, 0.15) is 55.8 Å². The van der Waals surface area contributed by atoms with Gasteiger partial charge in [-0.3, -0.25) is 9.97 Å². The average molecular weight is 417 g/mol. The molecular formula is C27H32N2O2. The van der Waals surface area contributed by atoms with Crippen LogP contribution in [0.2, 0.25) is 0 Å². The molecule has 2 fully saturated rings. The van der Waals surface area contributed by atoms with E-state index < -0.39 is 0 Å². The van der Waals surface area contributed by atoms with Gasteiger partial charge in [-0.1, -0.05) is 30.3 Å². The molecule has 0 radical (unpaired) electrons. The fourth-order valence-electron chi connectivity index (χ4n) is 5.37. The average Bonchev–Trinajstić information content (AvgIpc) is 2.85. The van der Waals surface area contributed by atoms with Gasteiger partial charge in [0.2, 0.25) is 0 Å². The summed E-state index contributed by atoms with van der Waals surface area (Å²) in [5.74, 6) is 0.502. The molecule has 0 amide bonds. The van der Waals surface area contributed by atoms with Crippen molar-refractivity contribution in [3.05, 3.63) is 72.2 Å². The minimum atomic E-state index is 0.214. The van der Waals surface area contributed by atoms with E-state index in [4.69, 9.17) is 14.5 Å². The van der Waals surface area contributed by atoms with Crippen molar-refractivity contribution < 1.29 is 9.47 Å². The highest BCUT2D eigenvalue weighted by Crippen LogP contribution is 2.40. The van der Waals surface area contributed by atoms with E-state index in [1.807, 2.05) is 12.3 Å².